The lowest BCUT2D eigenvalue weighted by Crippen LogP contribution is -2.09. The van der Waals surface area contributed by atoms with Gasteiger partial charge in [-0.1, -0.05) is 24.3 Å². The molecule has 0 amide bonds. The smallest absolute Gasteiger partial charge is 0.273 e. The molecule has 2 rings (SSSR count). The second-order valence-electron chi connectivity index (χ2n) is 5.10. The summed E-state index contributed by atoms with van der Waals surface area (Å²) in [6.45, 7) is 5.89. The van der Waals surface area contributed by atoms with Gasteiger partial charge in [0, 0.05) is 27.8 Å². The summed E-state index contributed by atoms with van der Waals surface area (Å²) in [5, 5.41) is 14.3. The van der Waals surface area contributed by atoms with Crippen molar-refractivity contribution in [3.8, 4) is 0 Å². The Hall–Kier alpha value is -1.88. The van der Waals surface area contributed by atoms with Crippen molar-refractivity contribution in [2.45, 2.75) is 26.8 Å². The van der Waals surface area contributed by atoms with Gasteiger partial charge in [0.05, 0.1) is 4.92 Å². The predicted octanol–water partition coefficient (Wildman–Crippen LogP) is 5.15. The van der Waals surface area contributed by atoms with E-state index in [9.17, 15) is 10.1 Å². The van der Waals surface area contributed by atoms with Crippen LogP contribution < -0.4 is 5.32 Å². The first kappa shape index (κ1) is 15.5. The van der Waals surface area contributed by atoms with Gasteiger partial charge in [-0.3, -0.25) is 10.1 Å². The fraction of sp³-hybridized carbons (Fsp3) is 0.250. The zero-order chi connectivity index (χ0) is 15.6. The van der Waals surface area contributed by atoms with Crippen LogP contribution in [-0.4, -0.2) is 4.92 Å². The minimum Gasteiger partial charge on any atom is -0.378 e. The van der Waals surface area contributed by atoms with Gasteiger partial charge in [-0.15, -0.1) is 0 Å². The maximum atomic E-state index is 10.9. The van der Waals surface area contributed by atoms with E-state index in [0.29, 0.717) is 10.0 Å². The molecule has 110 valence electrons. The highest BCUT2D eigenvalue weighted by Crippen LogP contribution is 2.33. The van der Waals surface area contributed by atoms with Crippen molar-refractivity contribution in [2.75, 3.05) is 5.32 Å². The van der Waals surface area contributed by atoms with Crippen LogP contribution in [0.2, 0.25) is 0 Å². The third kappa shape index (κ3) is 3.42. The van der Waals surface area contributed by atoms with Crippen molar-refractivity contribution in [1.82, 2.24) is 0 Å². The van der Waals surface area contributed by atoms with Gasteiger partial charge in [0.15, 0.2) is 0 Å². The Balaban J connectivity index is 2.30. The van der Waals surface area contributed by atoms with Crippen LogP contribution >= 0.6 is 15.9 Å². The van der Waals surface area contributed by atoms with Crippen LogP contribution in [0.5, 0.6) is 0 Å². The van der Waals surface area contributed by atoms with Crippen LogP contribution in [0.3, 0.4) is 0 Å². The Labute approximate surface area is 132 Å². The molecule has 1 atom stereocenters. The van der Waals surface area contributed by atoms with Gasteiger partial charge in [-0.25, -0.2) is 0 Å². The predicted molar refractivity (Wildman–Crippen MR) is 88.8 cm³/mol. The molecule has 2 aromatic rings. The van der Waals surface area contributed by atoms with Crippen LogP contribution in [0.15, 0.2) is 40.9 Å². The van der Waals surface area contributed by atoms with Crippen molar-refractivity contribution < 1.29 is 4.92 Å². The molecule has 1 N–H and O–H groups in total. The lowest BCUT2D eigenvalue weighted by molar-refractivity contribution is -0.385. The van der Waals surface area contributed by atoms with Gasteiger partial charge in [0.2, 0.25) is 0 Å². The number of anilines is 1. The quantitative estimate of drug-likeness (QED) is 0.614. The maximum Gasteiger partial charge on any atom is 0.273 e. The first-order valence-electron chi connectivity index (χ1n) is 6.66. The number of rotatable bonds is 4. The van der Waals surface area contributed by atoms with Gasteiger partial charge in [-0.2, -0.15) is 0 Å². The van der Waals surface area contributed by atoms with Gasteiger partial charge in [0.1, 0.15) is 0 Å². The standard InChI is InChI=1S/C16H17BrN2O2/c1-10-6-4-5-7-13(10)12(3)18-15-8-11(2)16(19(20)21)9-14(15)17/h4-9,12,18H,1-3H3. The van der Waals surface area contributed by atoms with Crippen LogP contribution in [-0.2, 0) is 0 Å². The molecule has 0 bridgehead atoms. The summed E-state index contributed by atoms with van der Waals surface area (Å²) in [7, 11) is 0. The van der Waals surface area contributed by atoms with E-state index >= 15 is 0 Å². The summed E-state index contributed by atoms with van der Waals surface area (Å²) < 4.78 is 0.695. The minimum atomic E-state index is -0.366. The van der Waals surface area contributed by atoms with E-state index in [0.717, 1.165) is 5.69 Å². The number of halogens is 1. The van der Waals surface area contributed by atoms with Crippen molar-refractivity contribution >= 4 is 27.3 Å². The summed E-state index contributed by atoms with van der Waals surface area (Å²) >= 11 is 3.40. The second kappa shape index (κ2) is 6.26. The van der Waals surface area contributed by atoms with Crippen molar-refractivity contribution in [3.05, 3.63) is 67.7 Å². The molecular weight excluding hydrogens is 332 g/mol. The van der Waals surface area contributed by atoms with E-state index in [2.05, 4.69) is 47.2 Å². The molecule has 0 fully saturated rings. The highest BCUT2D eigenvalue weighted by molar-refractivity contribution is 9.10. The third-order valence-corrected chi connectivity index (χ3v) is 4.17. The van der Waals surface area contributed by atoms with Crippen LogP contribution in [0.25, 0.3) is 0 Å². The van der Waals surface area contributed by atoms with E-state index in [1.54, 1.807) is 19.1 Å². The molecule has 21 heavy (non-hydrogen) atoms. The lowest BCUT2D eigenvalue weighted by atomic mass is 10.0. The summed E-state index contributed by atoms with van der Waals surface area (Å²) in [4.78, 5) is 10.6. The number of hydrogen-bond acceptors (Lipinski definition) is 3. The zero-order valence-corrected chi connectivity index (χ0v) is 13.8. The number of nitrogens with one attached hydrogen (secondary N) is 1. The Bertz CT molecular complexity index is 686. The van der Waals surface area contributed by atoms with E-state index in [1.165, 1.54) is 11.1 Å². The third-order valence-electron chi connectivity index (χ3n) is 3.51. The molecule has 4 nitrogen and oxygen atoms in total. The average molecular weight is 349 g/mol. The zero-order valence-electron chi connectivity index (χ0n) is 12.2. The Kier molecular flexibility index (Phi) is 4.63. The highest BCUT2D eigenvalue weighted by atomic mass is 79.9. The molecule has 0 aliphatic rings. The molecule has 0 aliphatic heterocycles. The highest BCUT2D eigenvalue weighted by Gasteiger charge is 2.16. The number of benzene rings is 2. The van der Waals surface area contributed by atoms with E-state index in [4.69, 9.17) is 0 Å². The van der Waals surface area contributed by atoms with E-state index in [-0.39, 0.29) is 16.7 Å². The van der Waals surface area contributed by atoms with Gasteiger partial charge in [0.25, 0.3) is 5.69 Å². The topological polar surface area (TPSA) is 55.2 Å². The SMILES string of the molecule is Cc1ccccc1C(C)Nc1cc(C)c([N+](=O)[O-])cc1Br. The summed E-state index contributed by atoms with van der Waals surface area (Å²) in [5.74, 6) is 0. The Morgan fingerprint density at radius 3 is 2.48 bits per heavy atom. The van der Waals surface area contributed by atoms with Crippen LogP contribution in [0, 0.1) is 24.0 Å². The Morgan fingerprint density at radius 1 is 1.19 bits per heavy atom. The van der Waals surface area contributed by atoms with Crippen molar-refractivity contribution in [3.63, 3.8) is 0 Å². The molecule has 0 aromatic heterocycles. The van der Waals surface area contributed by atoms with Gasteiger partial charge < -0.3 is 5.32 Å². The molecule has 2 aromatic carbocycles. The van der Waals surface area contributed by atoms with E-state index in [1.807, 2.05) is 12.1 Å². The molecule has 0 saturated carbocycles. The first-order chi connectivity index (χ1) is 9.90. The van der Waals surface area contributed by atoms with Crippen LogP contribution in [0.1, 0.15) is 29.7 Å². The molecule has 1 unspecified atom stereocenters. The summed E-state index contributed by atoms with van der Waals surface area (Å²) in [5.41, 5.74) is 4.04. The van der Waals surface area contributed by atoms with Gasteiger partial charge >= 0.3 is 0 Å². The Morgan fingerprint density at radius 2 is 1.86 bits per heavy atom. The van der Waals surface area contributed by atoms with Crippen LogP contribution in [0.4, 0.5) is 11.4 Å². The van der Waals surface area contributed by atoms with Crippen molar-refractivity contribution in [1.29, 1.82) is 0 Å². The molecular formula is C16H17BrN2O2. The summed E-state index contributed by atoms with van der Waals surface area (Å²) in [6.07, 6.45) is 0. The molecule has 5 heteroatoms. The van der Waals surface area contributed by atoms with E-state index < -0.39 is 0 Å². The van der Waals surface area contributed by atoms with Gasteiger partial charge in [-0.05, 0) is 53.9 Å². The molecule has 0 heterocycles. The lowest BCUT2D eigenvalue weighted by Gasteiger charge is -2.19. The number of nitrogens with zero attached hydrogens (tertiary/aromatic N) is 1. The normalized spacial score (nSPS) is 12.0. The molecule has 0 spiro atoms. The monoisotopic (exact) mass is 348 g/mol. The fourth-order valence-electron chi connectivity index (χ4n) is 2.36. The minimum absolute atomic E-state index is 0.114. The average Bonchev–Trinajstić information content (AvgIpc) is 2.42. The molecule has 0 radical (unpaired) electrons. The number of nitro benzene ring substituents is 1. The number of nitro groups is 1. The first-order valence-corrected chi connectivity index (χ1v) is 7.46. The fourth-order valence-corrected chi connectivity index (χ4v) is 2.81. The number of aryl methyl sites for hydroxylation is 2. The summed E-state index contributed by atoms with van der Waals surface area (Å²) in [6, 6.07) is 11.6. The molecule has 0 saturated heterocycles. The number of hydrogen-bond donors (Lipinski definition) is 1. The largest absolute Gasteiger partial charge is 0.378 e. The maximum absolute atomic E-state index is 10.9. The second-order valence-corrected chi connectivity index (χ2v) is 5.95. The van der Waals surface area contributed by atoms with Crippen molar-refractivity contribution in [2.24, 2.45) is 0 Å². The molecule has 0 aliphatic carbocycles.